The zero-order valence-electron chi connectivity index (χ0n) is 13.4. The van der Waals surface area contributed by atoms with Crippen molar-refractivity contribution < 1.29 is 9.32 Å². The normalized spacial score (nSPS) is 18.3. The molecule has 1 saturated heterocycles. The third-order valence-corrected chi connectivity index (χ3v) is 4.17. The molecule has 0 saturated carbocycles. The fraction of sp³-hybridized carbons (Fsp3) is 0.667. The highest BCUT2D eigenvalue weighted by molar-refractivity contribution is 5.76. The monoisotopic (exact) mass is 318 g/mol. The summed E-state index contributed by atoms with van der Waals surface area (Å²) in [6.07, 6.45) is 7.95. The first-order valence-corrected chi connectivity index (χ1v) is 8.19. The number of rotatable bonds is 6. The highest BCUT2D eigenvalue weighted by Gasteiger charge is 2.24. The Morgan fingerprint density at radius 2 is 2.39 bits per heavy atom. The number of hydrogen-bond acceptors (Lipinski definition) is 6. The highest BCUT2D eigenvalue weighted by atomic mass is 16.5. The number of aryl methyl sites for hydroxylation is 2. The third-order valence-electron chi connectivity index (χ3n) is 4.17. The molecule has 0 aromatic carbocycles. The molecule has 2 aromatic heterocycles. The van der Waals surface area contributed by atoms with Crippen molar-refractivity contribution in [2.24, 2.45) is 0 Å². The van der Waals surface area contributed by atoms with Crippen molar-refractivity contribution in [2.45, 2.75) is 51.5 Å². The van der Waals surface area contributed by atoms with Gasteiger partial charge >= 0.3 is 0 Å². The van der Waals surface area contributed by atoms with Crippen LogP contribution in [0.25, 0.3) is 0 Å². The first-order chi connectivity index (χ1) is 11.3. The summed E-state index contributed by atoms with van der Waals surface area (Å²) in [7, 11) is 0. The number of likely N-dealkylation sites (tertiary alicyclic amines) is 1. The Morgan fingerprint density at radius 1 is 1.48 bits per heavy atom. The maximum Gasteiger partial charge on any atom is 0.226 e. The topological polar surface area (TPSA) is 89.9 Å². The summed E-state index contributed by atoms with van der Waals surface area (Å²) in [4.78, 5) is 22.6. The van der Waals surface area contributed by atoms with Crippen molar-refractivity contribution in [1.29, 1.82) is 0 Å². The molecule has 124 valence electrons. The number of amides is 1. The van der Waals surface area contributed by atoms with E-state index < -0.39 is 0 Å². The van der Waals surface area contributed by atoms with Crippen LogP contribution in [0.1, 0.15) is 50.4 Å². The minimum absolute atomic E-state index is 0.185. The van der Waals surface area contributed by atoms with Gasteiger partial charge in [0.2, 0.25) is 11.8 Å². The fourth-order valence-corrected chi connectivity index (χ4v) is 2.89. The zero-order valence-corrected chi connectivity index (χ0v) is 13.4. The van der Waals surface area contributed by atoms with E-state index in [2.05, 4.69) is 20.2 Å². The molecule has 0 bridgehead atoms. The second-order valence-corrected chi connectivity index (χ2v) is 5.82. The van der Waals surface area contributed by atoms with Gasteiger partial charge in [-0.15, -0.1) is 0 Å². The Kier molecular flexibility index (Phi) is 4.99. The Morgan fingerprint density at radius 3 is 3.13 bits per heavy atom. The van der Waals surface area contributed by atoms with Crippen LogP contribution in [0.5, 0.6) is 0 Å². The zero-order chi connectivity index (χ0) is 16.1. The Balaban J connectivity index is 1.46. The van der Waals surface area contributed by atoms with Crippen LogP contribution in [-0.2, 0) is 17.6 Å². The van der Waals surface area contributed by atoms with Crippen LogP contribution < -0.4 is 0 Å². The Hall–Kier alpha value is -2.25. The molecule has 1 unspecified atom stereocenters. The van der Waals surface area contributed by atoms with Crippen LogP contribution in [0.2, 0.25) is 0 Å². The first-order valence-electron chi connectivity index (χ1n) is 8.19. The van der Waals surface area contributed by atoms with Crippen LogP contribution in [0, 0.1) is 0 Å². The van der Waals surface area contributed by atoms with Crippen LogP contribution in [0.4, 0.5) is 0 Å². The minimum Gasteiger partial charge on any atom is -0.341 e. The summed E-state index contributed by atoms with van der Waals surface area (Å²) in [5.41, 5.74) is 0. The molecule has 0 spiro atoms. The summed E-state index contributed by atoms with van der Waals surface area (Å²) in [6, 6.07) is 0.234. The van der Waals surface area contributed by atoms with Gasteiger partial charge in [0.05, 0.1) is 6.04 Å². The Bertz CT molecular complexity index is 624. The van der Waals surface area contributed by atoms with Gasteiger partial charge in [-0.1, -0.05) is 12.1 Å². The van der Waals surface area contributed by atoms with Gasteiger partial charge in [0.15, 0.2) is 5.82 Å². The largest absolute Gasteiger partial charge is 0.341 e. The van der Waals surface area contributed by atoms with E-state index in [1.165, 1.54) is 6.33 Å². The van der Waals surface area contributed by atoms with E-state index in [4.69, 9.17) is 4.52 Å². The lowest BCUT2D eigenvalue weighted by Gasteiger charge is -2.32. The molecule has 1 aliphatic rings. The maximum absolute atomic E-state index is 12.4. The molecule has 23 heavy (non-hydrogen) atoms. The number of hydrogen-bond donors (Lipinski definition) is 0. The summed E-state index contributed by atoms with van der Waals surface area (Å²) in [5, 5.41) is 8.05. The number of carbonyl (C=O) groups excluding carboxylic acids is 1. The van der Waals surface area contributed by atoms with E-state index in [-0.39, 0.29) is 11.9 Å². The lowest BCUT2D eigenvalue weighted by atomic mass is 10.1. The van der Waals surface area contributed by atoms with Crippen molar-refractivity contribution in [3.05, 3.63) is 24.4 Å². The van der Waals surface area contributed by atoms with E-state index in [1.54, 1.807) is 6.33 Å². The van der Waals surface area contributed by atoms with Gasteiger partial charge in [-0.3, -0.25) is 4.79 Å². The quantitative estimate of drug-likeness (QED) is 0.800. The van der Waals surface area contributed by atoms with Gasteiger partial charge in [0.1, 0.15) is 12.7 Å². The number of aromatic nitrogens is 5. The van der Waals surface area contributed by atoms with Crippen molar-refractivity contribution in [3.63, 3.8) is 0 Å². The lowest BCUT2D eigenvalue weighted by molar-refractivity contribution is -0.133. The number of carbonyl (C=O) groups is 1. The van der Waals surface area contributed by atoms with Crippen molar-refractivity contribution in [2.75, 3.05) is 13.1 Å². The van der Waals surface area contributed by atoms with Gasteiger partial charge in [-0.25, -0.2) is 9.67 Å². The Labute approximate surface area is 134 Å². The van der Waals surface area contributed by atoms with Gasteiger partial charge in [-0.2, -0.15) is 10.1 Å². The average Bonchev–Trinajstić information content (AvgIpc) is 3.26. The fourth-order valence-electron chi connectivity index (χ4n) is 2.89. The minimum atomic E-state index is 0.185. The molecular weight excluding hydrogens is 296 g/mol. The van der Waals surface area contributed by atoms with Gasteiger partial charge in [0, 0.05) is 32.4 Å². The molecule has 0 aliphatic carbocycles. The molecule has 1 fully saturated rings. The van der Waals surface area contributed by atoms with Crippen LogP contribution in [0.15, 0.2) is 17.2 Å². The molecule has 8 nitrogen and oxygen atoms in total. The van der Waals surface area contributed by atoms with Gasteiger partial charge in [0.25, 0.3) is 0 Å². The molecule has 3 rings (SSSR count). The second kappa shape index (κ2) is 7.34. The molecule has 1 amide bonds. The summed E-state index contributed by atoms with van der Waals surface area (Å²) in [5.74, 6) is 1.52. The molecule has 0 N–H and O–H groups in total. The molecule has 0 radical (unpaired) electrons. The molecule has 8 heteroatoms. The van der Waals surface area contributed by atoms with Crippen molar-refractivity contribution in [1.82, 2.24) is 29.8 Å². The van der Waals surface area contributed by atoms with Gasteiger partial charge in [-0.05, 0) is 19.3 Å². The number of nitrogens with zero attached hydrogens (tertiary/aromatic N) is 6. The summed E-state index contributed by atoms with van der Waals surface area (Å²) in [6.45, 7) is 3.52. The SMILES string of the molecule is CCc1noc(CCCC(=O)N2CCCC(n3cncn3)C2)n1. The molecule has 1 aliphatic heterocycles. The van der Waals surface area contributed by atoms with E-state index in [0.29, 0.717) is 25.3 Å². The van der Waals surface area contributed by atoms with Crippen molar-refractivity contribution in [3.8, 4) is 0 Å². The highest BCUT2D eigenvalue weighted by Crippen LogP contribution is 2.21. The van der Waals surface area contributed by atoms with Gasteiger partial charge < -0.3 is 9.42 Å². The summed E-state index contributed by atoms with van der Waals surface area (Å²) >= 11 is 0. The van der Waals surface area contributed by atoms with Crippen LogP contribution in [0.3, 0.4) is 0 Å². The lowest BCUT2D eigenvalue weighted by Crippen LogP contribution is -2.40. The first kappa shape index (κ1) is 15.6. The van der Waals surface area contributed by atoms with E-state index in [9.17, 15) is 4.79 Å². The third kappa shape index (κ3) is 3.94. The predicted molar refractivity (Wildman–Crippen MR) is 81.5 cm³/mol. The van der Waals surface area contributed by atoms with E-state index in [1.807, 2.05) is 16.5 Å². The molecule has 1 atom stereocenters. The summed E-state index contributed by atoms with van der Waals surface area (Å²) < 4.78 is 7.00. The van der Waals surface area contributed by atoms with Crippen LogP contribution in [-0.4, -0.2) is 48.8 Å². The predicted octanol–water partition coefficient (Wildman–Crippen LogP) is 1.41. The smallest absolute Gasteiger partial charge is 0.226 e. The molecule has 3 heterocycles. The maximum atomic E-state index is 12.4. The standard InChI is InChI=1S/C15H22N6O2/c1-2-13-18-14(23-19-13)6-3-7-15(22)20-8-4-5-12(9-20)21-11-16-10-17-21/h10-12H,2-9H2,1H3. The molecular formula is C15H22N6O2. The van der Waals surface area contributed by atoms with E-state index in [0.717, 1.165) is 38.1 Å². The average molecular weight is 318 g/mol. The van der Waals surface area contributed by atoms with E-state index >= 15 is 0 Å². The van der Waals surface area contributed by atoms with Crippen LogP contribution >= 0.6 is 0 Å². The molecule has 2 aromatic rings. The van der Waals surface area contributed by atoms with Crippen molar-refractivity contribution >= 4 is 5.91 Å². The number of piperidine rings is 1. The second-order valence-electron chi connectivity index (χ2n) is 5.82.